The third-order valence-electron chi connectivity index (χ3n) is 0.792. The summed E-state index contributed by atoms with van der Waals surface area (Å²) in [6.07, 6.45) is -0.279. The Kier molecular flexibility index (Phi) is 3.65. The molecule has 0 aliphatic carbocycles. The zero-order valence-electron chi connectivity index (χ0n) is 5.16. The molecule has 0 amide bonds. The fraction of sp³-hybridized carbons (Fsp3) is 0.200. The maximum atomic E-state index is 10.4. The molecule has 0 heterocycles. The van der Waals surface area contributed by atoms with Gasteiger partial charge in [-0.15, -0.1) is 0 Å². The second-order valence-electron chi connectivity index (χ2n) is 1.58. The van der Waals surface area contributed by atoms with Crippen LogP contribution in [0.1, 0.15) is 6.42 Å². The first kappa shape index (κ1) is 9.11. The van der Waals surface area contributed by atoms with Crippen molar-refractivity contribution in [1.29, 1.82) is 0 Å². The van der Waals surface area contributed by atoms with Crippen LogP contribution in [-0.4, -0.2) is 17.0 Å². The van der Waals surface area contributed by atoms with E-state index in [1.54, 1.807) is 9.47 Å². The number of carbonyl (C=O) groups excluding carboxylic acids is 1. The van der Waals surface area contributed by atoms with E-state index in [2.05, 4.69) is 11.1 Å². The minimum Gasteiger partial charge on any atom is -0.478 e. The highest BCUT2D eigenvalue weighted by Gasteiger charge is 2.09. The van der Waals surface area contributed by atoms with Crippen molar-refractivity contribution < 1.29 is 19.2 Å². The average Bonchev–Trinajstić information content (AvgIpc) is 1.87. The first-order valence-corrected chi connectivity index (χ1v) is 2.85. The molecule has 0 aliphatic rings. The summed E-state index contributed by atoms with van der Waals surface area (Å²) < 4.78 is 4.12. The number of hydrogen-bond acceptors (Lipinski definition) is 3. The van der Waals surface area contributed by atoms with E-state index in [-0.39, 0.29) is 12.0 Å². The maximum absolute atomic E-state index is 10.4. The zero-order valence-corrected chi connectivity index (χ0v) is 6.32. The molecule has 0 saturated heterocycles. The lowest BCUT2D eigenvalue weighted by Gasteiger charge is -1.96. The molecule has 1 unspecified atom stereocenters. The Labute approximate surface area is 60.2 Å². The van der Waals surface area contributed by atoms with Crippen LogP contribution < -0.4 is 0 Å². The van der Waals surface area contributed by atoms with Crippen molar-refractivity contribution in [2.45, 2.75) is 6.42 Å². The minimum atomic E-state index is -1.18. The van der Waals surface area contributed by atoms with Gasteiger partial charge < -0.3 is 9.63 Å². The molecule has 10 heavy (non-hydrogen) atoms. The van der Waals surface area contributed by atoms with Gasteiger partial charge in [0.1, 0.15) is 0 Å². The monoisotopic (exact) mass is 162 g/mol. The summed E-state index contributed by atoms with van der Waals surface area (Å²) in [4.78, 5) is 20.4. The van der Waals surface area contributed by atoms with Gasteiger partial charge >= 0.3 is 11.9 Å². The Morgan fingerprint density at radius 3 is 2.40 bits per heavy atom. The summed E-state index contributed by atoms with van der Waals surface area (Å²) in [7, 11) is 1.73. The number of hydrogen-bond donors (Lipinski definition) is 1. The van der Waals surface area contributed by atoms with Gasteiger partial charge in [0.05, 0.1) is 15.9 Å². The maximum Gasteiger partial charge on any atom is 0.331 e. The SMILES string of the molecule is C=C(CC(=O)OP)C(=O)O. The highest BCUT2D eigenvalue weighted by molar-refractivity contribution is 7.10. The van der Waals surface area contributed by atoms with Crippen LogP contribution in [0.4, 0.5) is 0 Å². The second-order valence-corrected chi connectivity index (χ2v) is 1.81. The molecule has 4 nitrogen and oxygen atoms in total. The third kappa shape index (κ3) is 3.20. The molecular formula is C5H7O4P. The van der Waals surface area contributed by atoms with Crippen LogP contribution in [0.15, 0.2) is 12.2 Å². The van der Waals surface area contributed by atoms with Crippen molar-refractivity contribution in [2.24, 2.45) is 0 Å². The highest BCUT2D eigenvalue weighted by Crippen LogP contribution is 2.01. The van der Waals surface area contributed by atoms with Crippen LogP contribution in [-0.2, 0) is 14.1 Å². The summed E-state index contributed by atoms with van der Waals surface area (Å²) in [6.45, 7) is 3.13. The fourth-order valence-electron chi connectivity index (χ4n) is 0.292. The summed E-state index contributed by atoms with van der Waals surface area (Å²) >= 11 is 0. The van der Waals surface area contributed by atoms with Crippen LogP contribution in [0.3, 0.4) is 0 Å². The number of aliphatic carboxylic acids is 1. The van der Waals surface area contributed by atoms with Crippen molar-refractivity contribution in [3.05, 3.63) is 12.2 Å². The van der Waals surface area contributed by atoms with Gasteiger partial charge in [0.15, 0.2) is 0 Å². The molecule has 0 aromatic carbocycles. The van der Waals surface area contributed by atoms with Gasteiger partial charge in [-0.2, -0.15) is 0 Å². The normalized spacial score (nSPS) is 8.50. The molecule has 1 N–H and O–H groups in total. The first-order chi connectivity index (χ1) is 4.57. The van der Waals surface area contributed by atoms with Gasteiger partial charge in [0, 0.05) is 5.57 Å². The molecule has 0 rings (SSSR count). The molecule has 0 aromatic rings. The van der Waals surface area contributed by atoms with Crippen LogP contribution in [0.25, 0.3) is 0 Å². The van der Waals surface area contributed by atoms with Crippen molar-refractivity contribution in [3.8, 4) is 0 Å². The molecule has 0 spiro atoms. The molecular weight excluding hydrogens is 155 g/mol. The lowest BCUT2D eigenvalue weighted by molar-refractivity contribution is -0.137. The highest BCUT2D eigenvalue weighted by atomic mass is 31.0. The molecule has 56 valence electrons. The first-order valence-electron chi connectivity index (χ1n) is 2.38. The van der Waals surface area contributed by atoms with Crippen molar-refractivity contribution in [3.63, 3.8) is 0 Å². The topological polar surface area (TPSA) is 63.6 Å². The second kappa shape index (κ2) is 4.01. The van der Waals surface area contributed by atoms with Crippen LogP contribution in [0, 0.1) is 0 Å². The molecule has 1 atom stereocenters. The quantitative estimate of drug-likeness (QED) is 0.480. The third-order valence-corrected chi connectivity index (χ3v) is 1.05. The fourth-order valence-corrected chi connectivity index (χ4v) is 0.375. The molecule has 5 heteroatoms. The van der Waals surface area contributed by atoms with E-state index in [4.69, 9.17) is 5.11 Å². The molecule has 0 radical (unpaired) electrons. The molecule has 0 fully saturated rings. The molecule has 0 saturated carbocycles. The van der Waals surface area contributed by atoms with Gasteiger partial charge in [-0.3, -0.25) is 4.79 Å². The number of rotatable bonds is 3. The lowest BCUT2D eigenvalue weighted by Crippen LogP contribution is -2.05. The standard InChI is InChI=1S/C5H7O4P/c1-3(5(7)8)2-4(6)9-10/h1-2,10H2,(H,7,8). The Morgan fingerprint density at radius 2 is 2.10 bits per heavy atom. The van der Waals surface area contributed by atoms with Crippen molar-refractivity contribution in [1.82, 2.24) is 0 Å². The average molecular weight is 162 g/mol. The van der Waals surface area contributed by atoms with Crippen molar-refractivity contribution in [2.75, 3.05) is 0 Å². The van der Waals surface area contributed by atoms with Gasteiger partial charge in [0.2, 0.25) is 0 Å². The van der Waals surface area contributed by atoms with Crippen LogP contribution in [0.5, 0.6) is 0 Å². The van der Waals surface area contributed by atoms with Gasteiger partial charge in [0.25, 0.3) is 0 Å². The van der Waals surface area contributed by atoms with Gasteiger partial charge in [-0.1, -0.05) is 6.58 Å². The molecule has 0 bridgehead atoms. The Balaban J connectivity index is 3.80. The summed E-state index contributed by atoms with van der Waals surface area (Å²) in [5, 5.41) is 8.21. The summed E-state index contributed by atoms with van der Waals surface area (Å²) in [5.74, 6) is -1.81. The number of carboxylic acid groups (broad SMARTS) is 1. The van der Waals surface area contributed by atoms with Crippen LogP contribution >= 0.6 is 9.47 Å². The Morgan fingerprint density at radius 1 is 1.60 bits per heavy atom. The summed E-state index contributed by atoms with van der Waals surface area (Å²) in [5.41, 5.74) is -0.174. The largest absolute Gasteiger partial charge is 0.478 e. The van der Waals surface area contributed by atoms with E-state index in [0.29, 0.717) is 0 Å². The van der Waals surface area contributed by atoms with E-state index in [1.807, 2.05) is 0 Å². The van der Waals surface area contributed by atoms with E-state index in [0.717, 1.165) is 0 Å². The van der Waals surface area contributed by atoms with Crippen LogP contribution in [0.2, 0.25) is 0 Å². The van der Waals surface area contributed by atoms with E-state index < -0.39 is 11.9 Å². The lowest BCUT2D eigenvalue weighted by atomic mass is 10.2. The zero-order chi connectivity index (χ0) is 8.15. The molecule has 0 aliphatic heterocycles. The van der Waals surface area contributed by atoms with E-state index in [1.165, 1.54) is 0 Å². The van der Waals surface area contributed by atoms with Gasteiger partial charge in [-0.05, 0) is 0 Å². The Bertz CT molecular complexity index is 174. The molecule has 0 aromatic heterocycles. The number of carboxylic acids is 1. The minimum absolute atomic E-state index is 0.174. The van der Waals surface area contributed by atoms with E-state index in [9.17, 15) is 9.59 Å². The van der Waals surface area contributed by atoms with Gasteiger partial charge in [-0.25, -0.2) is 4.79 Å². The van der Waals surface area contributed by atoms with E-state index >= 15 is 0 Å². The smallest absolute Gasteiger partial charge is 0.331 e. The Hall–Kier alpha value is -0.890. The predicted octanol–water partition coefficient (Wildman–Crippen LogP) is 0.351. The summed E-state index contributed by atoms with van der Waals surface area (Å²) in [6, 6.07) is 0. The predicted molar refractivity (Wildman–Crippen MR) is 37.2 cm³/mol. The number of carbonyl (C=O) groups is 2. The van der Waals surface area contributed by atoms with Crippen molar-refractivity contribution >= 4 is 21.4 Å².